The van der Waals surface area contributed by atoms with Crippen molar-refractivity contribution in [3.05, 3.63) is 41.1 Å². The third-order valence-electron chi connectivity index (χ3n) is 10.0. The van der Waals surface area contributed by atoms with Gasteiger partial charge in [0, 0.05) is 43.5 Å². The summed E-state index contributed by atoms with van der Waals surface area (Å²) in [6.45, 7) is 3.60. The molecule has 4 aliphatic rings. The lowest BCUT2D eigenvalue weighted by atomic mass is 9.81. The number of nitrogens with one attached hydrogen (secondary N) is 1. The first-order valence-corrected chi connectivity index (χ1v) is 15.5. The van der Waals surface area contributed by atoms with Gasteiger partial charge in [-0.3, -0.25) is 9.59 Å². The third-order valence-corrected chi connectivity index (χ3v) is 10.0. The Labute approximate surface area is 257 Å². The Hall–Kier alpha value is -3.91. The van der Waals surface area contributed by atoms with Crippen LogP contribution in [0.25, 0.3) is 16.9 Å². The van der Waals surface area contributed by atoms with Gasteiger partial charge in [-0.05, 0) is 81.5 Å². The molecule has 11 nitrogen and oxygen atoms in total. The van der Waals surface area contributed by atoms with Gasteiger partial charge in [-0.1, -0.05) is 0 Å². The molecule has 4 heterocycles. The highest BCUT2D eigenvalue weighted by Gasteiger charge is 2.54. The fraction of sp³-hybridized carbons (Fsp3) is 0.548. The molecule has 3 fully saturated rings. The van der Waals surface area contributed by atoms with Gasteiger partial charge in [0.2, 0.25) is 0 Å². The predicted octanol–water partition coefficient (Wildman–Crippen LogP) is 3.27. The number of carbonyl (C=O) groups excluding carboxylic acids is 2. The van der Waals surface area contributed by atoms with E-state index in [9.17, 15) is 33.0 Å². The number of nitrogen functional groups attached to an aromatic ring is 1. The van der Waals surface area contributed by atoms with Crippen molar-refractivity contribution in [2.75, 3.05) is 23.7 Å². The van der Waals surface area contributed by atoms with Crippen LogP contribution >= 0.6 is 0 Å². The molecule has 0 unspecified atom stereocenters. The SMILES string of the molecule is C[C@@H](C1CC1)N1Cc2cc(-c3ccn4nc(N)c(C(=O)N[C@H]5CC[C@](O)(C(F)(F)F)CC5)c4n3)cc(N3CC[C@@H](O)C3)c2C1=O. The largest absolute Gasteiger partial charge is 0.417 e. The van der Waals surface area contributed by atoms with Crippen molar-refractivity contribution >= 4 is 29.0 Å². The zero-order chi connectivity index (χ0) is 31.8. The number of aliphatic hydroxyl groups is 2. The molecule has 1 aromatic carbocycles. The Balaban J connectivity index is 1.20. The summed E-state index contributed by atoms with van der Waals surface area (Å²) < 4.78 is 41.1. The third kappa shape index (κ3) is 5.17. The summed E-state index contributed by atoms with van der Waals surface area (Å²) in [7, 11) is 0. The van der Waals surface area contributed by atoms with Gasteiger partial charge in [0.15, 0.2) is 17.1 Å². The quantitative estimate of drug-likeness (QED) is 0.326. The maximum atomic E-state index is 13.7. The van der Waals surface area contributed by atoms with Gasteiger partial charge in [-0.25, -0.2) is 9.50 Å². The normalized spacial score (nSPS) is 26.0. The van der Waals surface area contributed by atoms with Crippen LogP contribution in [0.3, 0.4) is 0 Å². The number of hydrogen-bond donors (Lipinski definition) is 4. The van der Waals surface area contributed by atoms with E-state index in [-0.39, 0.29) is 41.8 Å². The molecule has 2 amide bonds. The van der Waals surface area contributed by atoms with E-state index < -0.39 is 42.7 Å². The van der Waals surface area contributed by atoms with Gasteiger partial charge >= 0.3 is 6.18 Å². The van der Waals surface area contributed by atoms with Crippen molar-refractivity contribution in [1.82, 2.24) is 24.8 Å². The number of fused-ring (bicyclic) bond motifs is 2. The average molecular weight is 628 g/mol. The van der Waals surface area contributed by atoms with E-state index in [1.807, 2.05) is 21.9 Å². The molecule has 14 heteroatoms. The van der Waals surface area contributed by atoms with Crippen LogP contribution in [0.5, 0.6) is 0 Å². The van der Waals surface area contributed by atoms with Gasteiger partial charge in [0.25, 0.3) is 11.8 Å². The summed E-state index contributed by atoms with van der Waals surface area (Å²) in [5.74, 6) is -0.179. The Kier molecular flexibility index (Phi) is 7.00. The van der Waals surface area contributed by atoms with Crippen molar-refractivity contribution in [2.45, 2.75) is 88.4 Å². The molecule has 2 aromatic heterocycles. The monoisotopic (exact) mass is 627 g/mol. The van der Waals surface area contributed by atoms with Crippen molar-refractivity contribution in [1.29, 1.82) is 0 Å². The molecule has 7 rings (SSSR count). The molecule has 240 valence electrons. The second-order valence-corrected chi connectivity index (χ2v) is 13.0. The average Bonchev–Trinajstić information content (AvgIpc) is 3.55. The molecular formula is C31H36F3N7O4. The molecule has 5 N–H and O–H groups in total. The summed E-state index contributed by atoms with van der Waals surface area (Å²) in [5.41, 5.74) is 7.11. The van der Waals surface area contributed by atoms with E-state index in [4.69, 9.17) is 10.7 Å². The first-order valence-electron chi connectivity index (χ1n) is 15.5. The van der Waals surface area contributed by atoms with Crippen molar-refractivity contribution in [2.24, 2.45) is 5.92 Å². The van der Waals surface area contributed by atoms with E-state index in [1.54, 1.807) is 12.3 Å². The van der Waals surface area contributed by atoms with Gasteiger partial charge in [-0.2, -0.15) is 13.2 Å². The standard InChI is InChI=1S/C31H36F3N7O4/c1-16(17-2-3-17)40-14-19-12-18(13-23(24(19)29(40)44)39-10-6-21(42)15-39)22-7-11-41-27(37-22)25(26(35)38-41)28(43)36-20-4-8-30(45,9-5-20)31(32,33)34/h7,11-13,16-17,20-21,42,45H,2-6,8-10,14-15H2,1H3,(H2,35,38)(H,36,43)/t16-,20-,21+,30+/m0/s1. The van der Waals surface area contributed by atoms with Gasteiger partial charge in [-0.15, -0.1) is 5.10 Å². The minimum absolute atomic E-state index is 0.00495. The molecule has 0 bridgehead atoms. The summed E-state index contributed by atoms with van der Waals surface area (Å²) in [5, 5.41) is 27.3. The van der Waals surface area contributed by atoms with Crippen LogP contribution in [-0.2, 0) is 6.54 Å². The second-order valence-electron chi connectivity index (χ2n) is 13.0. The number of nitrogens with zero attached hydrogens (tertiary/aromatic N) is 5. The van der Waals surface area contributed by atoms with Crippen LogP contribution in [0.2, 0.25) is 0 Å². The van der Waals surface area contributed by atoms with E-state index in [0.717, 1.165) is 29.7 Å². The highest BCUT2D eigenvalue weighted by Crippen LogP contribution is 2.43. The van der Waals surface area contributed by atoms with Crippen molar-refractivity contribution < 1.29 is 33.0 Å². The van der Waals surface area contributed by atoms with Gasteiger partial charge in [0.05, 0.1) is 23.0 Å². The number of benzene rings is 1. The van der Waals surface area contributed by atoms with Crippen LogP contribution in [0.15, 0.2) is 24.4 Å². The molecule has 0 radical (unpaired) electrons. The number of rotatable bonds is 6. The second kappa shape index (κ2) is 10.6. The maximum Gasteiger partial charge on any atom is 0.417 e. The number of aromatic nitrogens is 3. The van der Waals surface area contributed by atoms with E-state index in [0.29, 0.717) is 43.2 Å². The van der Waals surface area contributed by atoms with Gasteiger partial charge < -0.3 is 31.1 Å². The minimum Gasteiger partial charge on any atom is -0.391 e. The zero-order valence-electron chi connectivity index (χ0n) is 24.8. The summed E-state index contributed by atoms with van der Waals surface area (Å²) in [6.07, 6.45) is -1.87. The Bertz CT molecular complexity index is 1680. The smallest absolute Gasteiger partial charge is 0.391 e. The number of anilines is 2. The molecule has 2 aliphatic heterocycles. The number of hydrogen-bond acceptors (Lipinski definition) is 8. The van der Waals surface area contributed by atoms with E-state index >= 15 is 0 Å². The van der Waals surface area contributed by atoms with Crippen molar-refractivity contribution in [3.8, 4) is 11.3 Å². The van der Waals surface area contributed by atoms with E-state index in [2.05, 4.69) is 17.3 Å². The van der Waals surface area contributed by atoms with E-state index in [1.165, 1.54) is 4.52 Å². The number of aliphatic hydroxyl groups excluding tert-OH is 1. The fourth-order valence-corrected chi connectivity index (χ4v) is 7.08. The molecule has 2 atom stereocenters. The number of amides is 2. The Morgan fingerprint density at radius 2 is 1.91 bits per heavy atom. The number of halogens is 3. The van der Waals surface area contributed by atoms with Crippen LogP contribution in [0, 0.1) is 5.92 Å². The molecule has 45 heavy (non-hydrogen) atoms. The molecular weight excluding hydrogens is 591 g/mol. The molecule has 2 saturated carbocycles. The summed E-state index contributed by atoms with van der Waals surface area (Å²) in [4.78, 5) is 35.8. The molecule has 3 aromatic rings. The number of carbonyl (C=O) groups is 2. The first kappa shape index (κ1) is 29.8. The lowest BCUT2D eigenvalue weighted by molar-refractivity contribution is -0.270. The van der Waals surface area contributed by atoms with Crippen LogP contribution in [0.4, 0.5) is 24.7 Å². The number of nitrogens with two attached hydrogens (primary N) is 1. The summed E-state index contributed by atoms with van der Waals surface area (Å²) in [6, 6.07) is 5.15. The summed E-state index contributed by atoms with van der Waals surface area (Å²) >= 11 is 0. The molecule has 1 saturated heterocycles. The highest BCUT2D eigenvalue weighted by atomic mass is 19.4. The topological polar surface area (TPSA) is 149 Å². The fourth-order valence-electron chi connectivity index (χ4n) is 7.08. The van der Waals surface area contributed by atoms with Crippen LogP contribution in [-0.4, -0.2) is 84.6 Å². The predicted molar refractivity (Wildman–Crippen MR) is 158 cm³/mol. The van der Waals surface area contributed by atoms with Crippen LogP contribution < -0.4 is 16.0 Å². The number of alkyl halides is 3. The lowest BCUT2D eigenvalue weighted by Gasteiger charge is -2.37. The number of β-amino-alcohol motifs (C(OH)–C–C–N with tert-alkyl or cyclic N) is 1. The lowest BCUT2D eigenvalue weighted by Crippen LogP contribution is -2.51. The Morgan fingerprint density at radius 1 is 1.18 bits per heavy atom. The Morgan fingerprint density at radius 3 is 2.56 bits per heavy atom. The molecule has 0 spiro atoms. The van der Waals surface area contributed by atoms with Crippen LogP contribution in [0.1, 0.15) is 78.1 Å². The molecule has 2 aliphatic carbocycles. The highest BCUT2D eigenvalue weighted by molar-refractivity contribution is 6.06. The zero-order valence-corrected chi connectivity index (χ0v) is 24.8. The van der Waals surface area contributed by atoms with Crippen molar-refractivity contribution in [3.63, 3.8) is 0 Å². The first-order chi connectivity index (χ1) is 21.3. The maximum absolute atomic E-state index is 13.7. The minimum atomic E-state index is -4.73. The van der Waals surface area contributed by atoms with Gasteiger partial charge in [0.1, 0.15) is 5.56 Å².